The number of nitrogens with one attached hydrogen (secondary N) is 2. The predicted octanol–water partition coefficient (Wildman–Crippen LogP) is 3.39. The first-order valence-corrected chi connectivity index (χ1v) is 10.5. The van der Waals surface area contributed by atoms with Crippen LogP contribution in [0.1, 0.15) is 31.4 Å². The van der Waals surface area contributed by atoms with E-state index >= 15 is 0 Å². The summed E-state index contributed by atoms with van der Waals surface area (Å²) < 4.78 is 1.68. The molecule has 3 aromatic rings. The summed E-state index contributed by atoms with van der Waals surface area (Å²) in [5.74, 6) is -0.239. The van der Waals surface area contributed by atoms with E-state index in [0.29, 0.717) is 13.1 Å². The Morgan fingerprint density at radius 1 is 1.10 bits per heavy atom. The summed E-state index contributed by atoms with van der Waals surface area (Å²) >= 11 is 0. The van der Waals surface area contributed by atoms with Gasteiger partial charge < -0.3 is 15.5 Å². The van der Waals surface area contributed by atoms with E-state index in [1.165, 1.54) is 6.33 Å². The quantitative estimate of drug-likeness (QED) is 0.664. The molecule has 160 valence electrons. The number of carbonyl (C=O) groups excluding carboxylic acids is 2. The number of para-hydroxylation sites is 1. The van der Waals surface area contributed by atoms with Crippen molar-refractivity contribution in [3.05, 3.63) is 72.8 Å². The monoisotopic (exact) mass is 418 g/mol. The van der Waals surface area contributed by atoms with E-state index in [2.05, 4.69) is 20.7 Å². The Hall–Kier alpha value is -3.68. The van der Waals surface area contributed by atoms with Crippen LogP contribution in [0.2, 0.25) is 0 Å². The second-order valence-corrected chi connectivity index (χ2v) is 7.74. The van der Waals surface area contributed by atoms with E-state index in [1.54, 1.807) is 15.9 Å². The van der Waals surface area contributed by atoms with Gasteiger partial charge in [0.1, 0.15) is 12.7 Å². The first-order chi connectivity index (χ1) is 15.1. The number of benzene rings is 2. The topological polar surface area (TPSA) is 92.2 Å². The molecular weight excluding hydrogens is 392 g/mol. The molecule has 1 aliphatic rings. The fourth-order valence-corrected chi connectivity index (χ4v) is 3.77. The van der Waals surface area contributed by atoms with Crippen molar-refractivity contribution in [1.82, 2.24) is 25.0 Å². The Kier molecular flexibility index (Phi) is 6.26. The Balaban J connectivity index is 1.32. The lowest BCUT2D eigenvalue weighted by atomic mass is 9.96. The third kappa shape index (κ3) is 5.09. The summed E-state index contributed by atoms with van der Waals surface area (Å²) in [5.41, 5.74) is 2.67. The lowest BCUT2D eigenvalue weighted by Gasteiger charge is -2.32. The Bertz CT molecular complexity index is 1000. The minimum atomic E-state index is -0.216. The van der Waals surface area contributed by atoms with E-state index < -0.39 is 0 Å². The first-order valence-electron chi connectivity index (χ1n) is 10.5. The zero-order chi connectivity index (χ0) is 21.6. The molecule has 8 heteroatoms. The highest BCUT2D eigenvalue weighted by Gasteiger charge is 2.29. The number of likely N-dealkylation sites (tertiary alicyclic amines) is 1. The molecule has 2 atom stereocenters. The number of hydrogen-bond acceptors (Lipinski definition) is 4. The molecule has 4 rings (SSSR count). The molecule has 1 aliphatic heterocycles. The van der Waals surface area contributed by atoms with Crippen molar-refractivity contribution in [1.29, 1.82) is 0 Å². The summed E-state index contributed by atoms with van der Waals surface area (Å²) in [6.07, 6.45) is 4.72. The van der Waals surface area contributed by atoms with Crippen molar-refractivity contribution < 1.29 is 9.59 Å². The maximum atomic E-state index is 12.9. The van der Waals surface area contributed by atoms with Gasteiger partial charge in [0, 0.05) is 18.8 Å². The molecule has 2 N–H and O–H groups in total. The van der Waals surface area contributed by atoms with Crippen molar-refractivity contribution in [3.8, 4) is 5.69 Å². The zero-order valence-electron chi connectivity index (χ0n) is 17.4. The van der Waals surface area contributed by atoms with Crippen molar-refractivity contribution in [3.63, 3.8) is 0 Å². The Morgan fingerprint density at radius 2 is 1.87 bits per heavy atom. The number of hydrogen-bond donors (Lipinski definition) is 2. The average molecular weight is 419 g/mol. The Labute approximate surface area is 181 Å². The van der Waals surface area contributed by atoms with Crippen molar-refractivity contribution in [2.45, 2.75) is 25.8 Å². The third-order valence-electron chi connectivity index (χ3n) is 5.54. The van der Waals surface area contributed by atoms with Crippen LogP contribution in [0.3, 0.4) is 0 Å². The van der Waals surface area contributed by atoms with Crippen LogP contribution in [0.15, 0.2) is 67.3 Å². The highest BCUT2D eigenvalue weighted by molar-refractivity contribution is 5.90. The first kappa shape index (κ1) is 20.6. The summed E-state index contributed by atoms with van der Waals surface area (Å²) in [4.78, 5) is 31.1. The van der Waals surface area contributed by atoms with Gasteiger partial charge in [0.2, 0.25) is 5.91 Å². The molecule has 31 heavy (non-hydrogen) atoms. The van der Waals surface area contributed by atoms with Crippen LogP contribution < -0.4 is 10.6 Å². The second kappa shape index (κ2) is 9.42. The number of rotatable bonds is 5. The normalized spacial score (nSPS) is 17.1. The molecule has 1 saturated heterocycles. The minimum Gasteiger partial charge on any atom is -0.349 e. The minimum absolute atomic E-state index is 0.0231. The largest absolute Gasteiger partial charge is 0.349 e. The molecule has 2 aromatic carbocycles. The van der Waals surface area contributed by atoms with E-state index in [4.69, 9.17) is 0 Å². The fourth-order valence-electron chi connectivity index (χ4n) is 3.77. The van der Waals surface area contributed by atoms with Gasteiger partial charge in [0.25, 0.3) is 0 Å². The molecule has 0 bridgehead atoms. The van der Waals surface area contributed by atoms with Crippen molar-refractivity contribution in [2.75, 3.05) is 18.4 Å². The number of piperidine rings is 1. The highest BCUT2D eigenvalue weighted by atomic mass is 16.2. The second-order valence-electron chi connectivity index (χ2n) is 7.74. The molecule has 0 unspecified atom stereocenters. The number of anilines is 1. The van der Waals surface area contributed by atoms with Gasteiger partial charge in [-0.2, -0.15) is 5.10 Å². The number of aromatic nitrogens is 3. The molecule has 1 aromatic heterocycles. The van der Waals surface area contributed by atoms with E-state index in [1.807, 2.05) is 61.5 Å². The summed E-state index contributed by atoms with van der Waals surface area (Å²) in [5, 5.41) is 10.1. The van der Waals surface area contributed by atoms with Crippen LogP contribution in [-0.2, 0) is 4.79 Å². The Morgan fingerprint density at radius 3 is 2.58 bits per heavy atom. The van der Waals surface area contributed by atoms with Gasteiger partial charge >= 0.3 is 6.03 Å². The van der Waals surface area contributed by atoms with Gasteiger partial charge in [0.15, 0.2) is 0 Å². The summed E-state index contributed by atoms with van der Waals surface area (Å²) in [7, 11) is 0. The van der Waals surface area contributed by atoms with Crippen molar-refractivity contribution in [2.24, 2.45) is 5.92 Å². The number of nitrogens with zero attached hydrogens (tertiary/aromatic N) is 4. The fraction of sp³-hybridized carbons (Fsp3) is 0.304. The van der Waals surface area contributed by atoms with Crippen LogP contribution in [0, 0.1) is 5.92 Å². The van der Waals surface area contributed by atoms with E-state index in [0.717, 1.165) is 29.8 Å². The van der Waals surface area contributed by atoms with Gasteiger partial charge in [-0.3, -0.25) is 4.79 Å². The zero-order valence-corrected chi connectivity index (χ0v) is 17.4. The van der Waals surface area contributed by atoms with Crippen LogP contribution in [0.5, 0.6) is 0 Å². The van der Waals surface area contributed by atoms with Crippen LogP contribution in [0.25, 0.3) is 5.69 Å². The molecular formula is C23H26N6O2. The molecule has 3 amide bonds. The number of urea groups is 1. The van der Waals surface area contributed by atoms with E-state index in [-0.39, 0.29) is 23.9 Å². The molecule has 2 heterocycles. The van der Waals surface area contributed by atoms with Gasteiger partial charge in [-0.25, -0.2) is 14.5 Å². The molecule has 1 fully saturated rings. The molecule has 0 saturated carbocycles. The van der Waals surface area contributed by atoms with Gasteiger partial charge in [-0.1, -0.05) is 30.3 Å². The van der Waals surface area contributed by atoms with Crippen LogP contribution >= 0.6 is 0 Å². The SMILES string of the molecule is C[C@@H](NC(=O)[C@H]1CCCN(C(=O)Nc2ccccc2)C1)c1ccc(-n2cncn2)cc1. The van der Waals surface area contributed by atoms with Crippen LogP contribution in [0.4, 0.5) is 10.5 Å². The van der Waals surface area contributed by atoms with Crippen LogP contribution in [-0.4, -0.2) is 44.7 Å². The maximum absolute atomic E-state index is 12.9. The van der Waals surface area contributed by atoms with Crippen molar-refractivity contribution >= 4 is 17.6 Å². The highest BCUT2D eigenvalue weighted by Crippen LogP contribution is 2.21. The molecule has 0 radical (unpaired) electrons. The number of amides is 3. The van der Waals surface area contributed by atoms with Gasteiger partial charge in [-0.15, -0.1) is 0 Å². The lowest BCUT2D eigenvalue weighted by Crippen LogP contribution is -2.47. The van der Waals surface area contributed by atoms with Gasteiger partial charge in [0.05, 0.1) is 17.6 Å². The van der Waals surface area contributed by atoms with Gasteiger partial charge in [-0.05, 0) is 49.6 Å². The smallest absolute Gasteiger partial charge is 0.321 e. The summed E-state index contributed by atoms with van der Waals surface area (Å²) in [6, 6.07) is 16.9. The molecule has 0 aliphatic carbocycles. The predicted molar refractivity (Wildman–Crippen MR) is 118 cm³/mol. The third-order valence-corrected chi connectivity index (χ3v) is 5.54. The standard InChI is InChI=1S/C23H26N6O2/c1-17(18-9-11-21(12-10-18)29-16-24-15-25-29)26-22(30)19-6-5-13-28(14-19)23(31)27-20-7-3-2-4-8-20/h2-4,7-12,15-17,19H,5-6,13-14H2,1H3,(H,26,30)(H,27,31)/t17-,19+/m1/s1. The molecule has 0 spiro atoms. The maximum Gasteiger partial charge on any atom is 0.321 e. The molecule has 8 nitrogen and oxygen atoms in total. The lowest BCUT2D eigenvalue weighted by molar-refractivity contribution is -0.126. The average Bonchev–Trinajstić information content (AvgIpc) is 3.35. The summed E-state index contributed by atoms with van der Waals surface area (Å²) in [6.45, 7) is 3.04. The number of carbonyl (C=O) groups is 2. The van der Waals surface area contributed by atoms with E-state index in [9.17, 15) is 9.59 Å².